The molecule has 0 heterocycles. The maximum atomic E-state index is 10.3. The van der Waals surface area contributed by atoms with Gasteiger partial charge in [0.1, 0.15) is 0 Å². The minimum atomic E-state index is -5.68. The average Bonchev–Trinajstić information content (AvgIpc) is 2.08. The normalized spacial score (nSPS) is 10.2. The van der Waals surface area contributed by atoms with Gasteiger partial charge in [-0.15, -0.1) is 0 Å². The molecule has 14 nitrogen and oxygen atoms in total. The Labute approximate surface area is 316 Å². The topological polar surface area (TPSA) is 268 Å². The number of aliphatic hydroxyl groups is 1. The Morgan fingerprint density at radius 1 is 0.769 bits per heavy atom. The van der Waals surface area contributed by atoms with E-state index in [0.29, 0.717) is 0 Å². The Morgan fingerprint density at radius 3 is 1.08 bits per heavy atom. The molecule has 20 heteroatoms. The van der Waals surface area contributed by atoms with E-state index in [1.54, 1.807) is 0 Å². The van der Waals surface area contributed by atoms with Crippen LogP contribution in [0, 0.1) is 0 Å². The van der Waals surface area contributed by atoms with Gasteiger partial charge in [0.25, 0.3) is 0 Å². The first kappa shape index (κ1) is 44.8. The van der Waals surface area contributed by atoms with Gasteiger partial charge in [0.15, 0.2) is 5.60 Å². The van der Waals surface area contributed by atoms with Gasteiger partial charge in [0.05, 0.1) is 28.5 Å². The first-order valence-corrected chi connectivity index (χ1v) is 7.55. The molecule has 0 amide bonds. The first-order valence-electron chi connectivity index (χ1n) is 4.63. The van der Waals surface area contributed by atoms with Gasteiger partial charge in [-0.1, -0.05) is 0 Å². The zero-order valence-corrected chi connectivity index (χ0v) is 28.5. The van der Waals surface area contributed by atoms with Gasteiger partial charge in [0, 0.05) is 0 Å². The molecule has 0 atom stereocenters. The number of hydrogen-bond acceptors (Lipinski definition) is 11. The van der Waals surface area contributed by atoms with Gasteiger partial charge in [-0.2, -0.15) is 0 Å². The SMILES string of the molecule is O=C(O)CC(O)(CC(=O)O)C(=O)O.O=P([O-])([O-])OP(=O)([O-])[O-].[K+].[K+].[K+].[K+]. The van der Waals surface area contributed by atoms with Gasteiger partial charge in [0.2, 0.25) is 0 Å². The van der Waals surface area contributed by atoms with E-state index in [-0.39, 0.29) is 206 Å². The average molecular weight is 522 g/mol. The van der Waals surface area contributed by atoms with Crippen molar-refractivity contribution in [1.82, 2.24) is 0 Å². The molecule has 0 bridgehead atoms. The van der Waals surface area contributed by atoms with Gasteiger partial charge in [-0.25, -0.2) is 4.79 Å². The van der Waals surface area contributed by atoms with Crippen LogP contribution in [0.4, 0.5) is 0 Å². The number of phosphoric acid groups is 2. The second-order valence-corrected chi connectivity index (χ2v) is 5.90. The van der Waals surface area contributed by atoms with Crippen LogP contribution in [0.3, 0.4) is 0 Å². The molecule has 0 aliphatic heterocycles. The Morgan fingerprint density at radius 2 is 1.00 bits per heavy atom. The monoisotopic (exact) mass is 522 g/mol. The molecule has 0 aliphatic rings. The van der Waals surface area contributed by atoms with E-state index in [1.807, 2.05) is 0 Å². The fraction of sp³-hybridized carbons (Fsp3) is 0.500. The molecule has 0 aromatic rings. The zero-order valence-electron chi connectivity index (χ0n) is 14.2. The fourth-order valence-electron chi connectivity index (χ4n) is 0.837. The number of carboxylic acid groups (broad SMARTS) is 3. The van der Waals surface area contributed by atoms with Crippen molar-refractivity contribution in [1.29, 1.82) is 0 Å². The second kappa shape index (κ2) is 20.8. The van der Waals surface area contributed by atoms with Crippen LogP contribution in [-0.4, -0.2) is 43.9 Å². The quantitative estimate of drug-likeness (QED) is 0.179. The summed E-state index contributed by atoms with van der Waals surface area (Å²) in [4.78, 5) is 67.8. The van der Waals surface area contributed by atoms with Crippen LogP contribution < -0.4 is 225 Å². The van der Waals surface area contributed by atoms with E-state index in [1.165, 1.54) is 0 Å². The molecular weight excluding hydrogens is 514 g/mol. The number of rotatable bonds is 7. The second-order valence-electron chi connectivity index (χ2n) is 3.45. The van der Waals surface area contributed by atoms with Crippen LogP contribution in [0.2, 0.25) is 0 Å². The number of carboxylic acids is 3. The Kier molecular flexibility index (Phi) is 35.8. The summed E-state index contributed by atoms with van der Waals surface area (Å²) < 4.78 is 21.2. The summed E-state index contributed by atoms with van der Waals surface area (Å²) in [6.07, 6.45) is -2.29. The van der Waals surface area contributed by atoms with Gasteiger partial charge >= 0.3 is 223 Å². The Bertz CT molecular complexity index is 492. The molecule has 0 spiro atoms. The van der Waals surface area contributed by atoms with Crippen molar-refractivity contribution in [2.24, 2.45) is 0 Å². The largest absolute Gasteiger partial charge is 1.00 e. The van der Waals surface area contributed by atoms with Crippen molar-refractivity contribution >= 4 is 33.6 Å². The van der Waals surface area contributed by atoms with Crippen molar-refractivity contribution in [3.63, 3.8) is 0 Å². The van der Waals surface area contributed by atoms with E-state index in [0.717, 1.165) is 0 Å². The summed E-state index contributed by atoms with van der Waals surface area (Å²) in [6.45, 7) is 0. The molecule has 0 saturated heterocycles. The standard InChI is InChI=1S/C6H8O7.4K.H4O7P2/c7-3(8)1-6(13,5(11)12)2-4(9)10;;;;;1-8(2,3)7-9(4,5)6/h13H,1-2H2,(H,7,8)(H,9,10)(H,11,12);;;;;(H2,1,2,3)(H2,4,5,6)/q;4*+1;/p-4. The number of aliphatic carboxylic acids is 3. The molecule has 0 radical (unpaired) electrons. The maximum Gasteiger partial charge on any atom is 1.00 e. The molecule has 4 N–H and O–H groups in total. The van der Waals surface area contributed by atoms with Gasteiger partial charge < -0.3 is 53.4 Å². The molecule has 0 fully saturated rings. The van der Waals surface area contributed by atoms with Crippen molar-refractivity contribution in [3.05, 3.63) is 0 Å². The van der Waals surface area contributed by atoms with Crippen LogP contribution in [0.25, 0.3) is 0 Å². The summed E-state index contributed by atoms with van der Waals surface area (Å²) in [5.74, 6) is -5.02. The van der Waals surface area contributed by atoms with E-state index in [2.05, 4.69) is 4.31 Å². The van der Waals surface area contributed by atoms with Crippen LogP contribution in [0.15, 0.2) is 0 Å². The number of carbonyl (C=O) groups is 3. The molecule has 0 unspecified atom stereocenters. The Hall–Kier alpha value is 5.18. The van der Waals surface area contributed by atoms with E-state index >= 15 is 0 Å². The van der Waals surface area contributed by atoms with Crippen molar-refractivity contribution < 1.29 is 273 Å². The van der Waals surface area contributed by atoms with E-state index in [9.17, 15) is 43.1 Å². The maximum absolute atomic E-state index is 10.3. The molecule has 0 aliphatic carbocycles. The summed E-state index contributed by atoms with van der Waals surface area (Å²) in [6, 6.07) is 0. The summed E-state index contributed by atoms with van der Waals surface area (Å²) in [5, 5.41) is 33.8. The third-order valence-corrected chi connectivity index (χ3v) is 3.09. The zero-order chi connectivity index (χ0) is 18.4. The van der Waals surface area contributed by atoms with E-state index in [4.69, 9.17) is 20.4 Å². The third-order valence-electron chi connectivity index (χ3n) is 1.49. The van der Waals surface area contributed by atoms with Crippen molar-refractivity contribution in [2.45, 2.75) is 18.4 Å². The predicted octanol–water partition coefficient (Wildman–Crippen LogP) is -16.6. The molecule has 0 aromatic carbocycles. The summed E-state index contributed by atoms with van der Waals surface area (Å²) in [7, 11) is -11.4. The van der Waals surface area contributed by atoms with Gasteiger partial charge in [-0.3, -0.25) is 9.59 Å². The molecular formula is C6H8K4O14P2. The number of hydrogen-bond donors (Lipinski definition) is 4. The van der Waals surface area contributed by atoms with Crippen LogP contribution in [0.5, 0.6) is 0 Å². The van der Waals surface area contributed by atoms with Crippen LogP contribution in [0.1, 0.15) is 12.8 Å². The van der Waals surface area contributed by atoms with Crippen molar-refractivity contribution in [3.8, 4) is 0 Å². The minimum absolute atomic E-state index is 0. The van der Waals surface area contributed by atoms with Crippen LogP contribution in [-0.2, 0) is 27.8 Å². The summed E-state index contributed by atoms with van der Waals surface area (Å²) in [5.41, 5.74) is -2.74. The van der Waals surface area contributed by atoms with E-state index < -0.39 is 52.0 Å². The molecule has 130 valence electrons. The fourth-order valence-corrected chi connectivity index (χ4v) is 1.82. The molecule has 0 rings (SSSR count). The predicted molar refractivity (Wildman–Crippen MR) is 53.4 cm³/mol. The van der Waals surface area contributed by atoms with Gasteiger partial charge in [-0.05, 0) is 0 Å². The third kappa shape index (κ3) is 31.4. The smallest absolute Gasteiger partial charge is 0.790 e. The molecule has 26 heavy (non-hydrogen) atoms. The van der Waals surface area contributed by atoms with Crippen LogP contribution >= 0.6 is 15.6 Å². The molecule has 0 aromatic heterocycles. The minimum Gasteiger partial charge on any atom is -0.790 e. The summed E-state index contributed by atoms with van der Waals surface area (Å²) >= 11 is 0. The Balaban J connectivity index is -0.0000000697. The first-order chi connectivity index (χ1) is 9.48. The van der Waals surface area contributed by atoms with Crippen molar-refractivity contribution in [2.75, 3.05) is 0 Å². The molecule has 0 saturated carbocycles.